The van der Waals surface area contributed by atoms with Gasteiger partial charge in [0.05, 0.1) is 18.3 Å². The van der Waals surface area contributed by atoms with Crippen LogP contribution in [0.15, 0.2) is 59.7 Å². The van der Waals surface area contributed by atoms with Crippen molar-refractivity contribution >= 4 is 33.2 Å². The molecule has 5 rings (SSSR count). The van der Waals surface area contributed by atoms with Gasteiger partial charge in [-0.2, -0.15) is 0 Å². The van der Waals surface area contributed by atoms with E-state index in [0.717, 1.165) is 30.0 Å². The first-order valence-electron chi connectivity index (χ1n) is 10.3. The average Bonchev–Trinajstić information content (AvgIpc) is 3.41. The van der Waals surface area contributed by atoms with E-state index in [-0.39, 0.29) is 11.7 Å². The number of ether oxygens (including phenoxy) is 2. The molecule has 1 aliphatic rings. The van der Waals surface area contributed by atoms with Crippen molar-refractivity contribution in [3.63, 3.8) is 0 Å². The zero-order chi connectivity index (χ0) is 22.2. The molecule has 0 aliphatic carbocycles. The Morgan fingerprint density at radius 3 is 2.66 bits per heavy atom. The molecule has 2 aromatic heterocycles. The predicted octanol–water partition coefficient (Wildman–Crippen LogP) is 4.86. The molecule has 4 aromatic rings. The van der Waals surface area contributed by atoms with E-state index in [2.05, 4.69) is 16.9 Å². The lowest BCUT2D eigenvalue weighted by molar-refractivity contribution is 0.199. The molecule has 0 amide bonds. The topological polar surface area (TPSA) is 56.6 Å². The van der Waals surface area contributed by atoms with Gasteiger partial charge in [0, 0.05) is 29.1 Å². The Balaban J connectivity index is 1.49. The first-order valence-corrected chi connectivity index (χ1v) is 11.5. The summed E-state index contributed by atoms with van der Waals surface area (Å²) in [6, 6.07) is 15.0. The summed E-state index contributed by atoms with van der Waals surface area (Å²) >= 11 is 7.42. The van der Waals surface area contributed by atoms with Crippen molar-refractivity contribution in [2.24, 2.45) is 0 Å². The summed E-state index contributed by atoms with van der Waals surface area (Å²) < 4.78 is 13.8. The molecule has 1 saturated heterocycles. The minimum atomic E-state index is -0.117. The molecule has 8 heteroatoms. The highest BCUT2D eigenvalue weighted by atomic mass is 35.5. The molecular formula is C24H22ClN3O3S. The first-order chi connectivity index (χ1) is 15.5. The van der Waals surface area contributed by atoms with E-state index in [1.165, 1.54) is 11.3 Å². The van der Waals surface area contributed by atoms with Crippen molar-refractivity contribution in [3.05, 3.63) is 70.2 Å². The van der Waals surface area contributed by atoms with E-state index in [9.17, 15) is 4.79 Å². The van der Waals surface area contributed by atoms with Crippen LogP contribution in [0.5, 0.6) is 11.5 Å². The second-order valence-electron chi connectivity index (χ2n) is 7.88. The maximum Gasteiger partial charge on any atom is 0.275 e. The highest BCUT2D eigenvalue weighted by Gasteiger charge is 2.22. The van der Waals surface area contributed by atoms with Crippen LogP contribution >= 0.6 is 22.9 Å². The molecule has 164 valence electrons. The quantitative estimate of drug-likeness (QED) is 0.419. The van der Waals surface area contributed by atoms with Gasteiger partial charge < -0.3 is 14.4 Å². The first kappa shape index (κ1) is 21.0. The van der Waals surface area contributed by atoms with Gasteiger partial charge in [0.1, 0.15) is 17.1 Å². The van der Waals surface area contributed by atoms with Crippen LogP contribution in [0.4, 0.5) is 0 Å². The van der Waals surface area contributed by atoms with Crippen LogP contribution in [-0.4, -0.2) is 47.8 Å². The van der Waals surface area contributed by atoms with Gasteiger partial charge in [0.15, 0.2) is 11.5 Å². The van der Waals surface area contributed by atoms with Gasteiger partial charge in [0.25, 0.3) is 5.56 Å². The standard InChI is InChI=1S/C24H22ClN3O3S/c1-27-10-9-18(13-27)31-20-8-7-17(11-21(20)30-2)28-14-26-19-12-22(32-23(19)24(28)29)15-3-5-16(25)6-4-15/h3-8,11-12,14,18H,9-10,13H2,1-2H3. The third kappa shape index (κ3) is 3.99. The Hall–Kier alpha value is -2.87. The number of benzene rings is 2. The van der Waals surface area contributed by atoms with Gasteiger partial charge in [-0.25, -0.2) is 4.98 Å². The van der Waals surface area contributed by atoms with Crippen LogP contribution in [0.2, 0.25) is 5.02 Å². The molecule has 32 heavy (non-hydrogen) atoms. The Kier molecular flexibility index (Phi) is 5.63. The molecular weight excluding hydrogens is 446 g/mol. The van der Waals surface area contributed by atoms with Crippen LogP contribution in [0.3, 0.4) is 0 Å². The smallest absolute Gasteiger partial charge is 0.275 e. The Morgan fingerprint density at radius 1 is 1.12 bits per heavy atom. The van der Waals surface area contributed by atoms with Crippen LogP contribution in [0, 0.1) is 0 Å². The third-order valence-corrected chi connectivity index (χ3v) is 7.05. The van der Waals surface area contributed by atoms with Crippen LogP contribution in [0.1, 0.15) is 6.42 Å². The average molecular weight is 468 g/mol. The maximum atomic E-state index is 13.3. The highest BCUT2D eigenvalue weighted by molar-refractivity contribution is 7.22. The Labute approximate surface area is 194 Å². The van der Waals surface area contributed by atoms with Gasteiger partial charge >= 0.3 is 0 Å². The summed E-state index contributed by atoms with van der Waals surface area (Å²) in [6.45, 7) is 1.91. The maximum absolute atomic E-state index is 13.3. The monoisotopic (exact) mass is 467 g/mol. The number of hydrogen-bond acceptors (Lipinski definition) is 6. The molecule has 1 aliphatic heterocycles. The number of likely N-dealkylation sites (tertiary alicyclic amines) is 1. The Morgan fingerprint density at radius 2 is 1.94 bits per heavy atom. The second kappa shape index (κ2) is 8.58. The number of halogens is 1. The molecule has 2 aromatic carbocycles. The normalized spacial score (nSPS) is 16.5. The molecule has 1 fully saturated rings. The van der Waals surface area contributed by atoms with Gasteiger partial charge in [-0.3, -0.25) is 9.36 Å². The molecule has 0 bridgehead atoms. The summed E-state index contributed by atoms with van der Waals surface area (Å²) in [5.74, 6) is 1.27. The number of rotatable bonds is 5. The van der Waals surface area contributed by atoms with Crippen molar-refractivity contribution in [2.45, 2.75) is 12.5 Å². The molecule has 6 nitrogen and oxygen atoms in total. The van der Waals surface area contributed by atoms with E-state index < -0.39 is 0 Å². The number of nitrogens with zero attached hydrogens (tertiary/aromatic N) is 3. The number of methoxy groups -OCH3 is 1. The summed E-state index contributed by atoms with van der Waals surface area (Å²) in [6.07, 6.45) is 2.68. The van der Waals surface area contributed by atoms with Gasteiger partial charge in [0.2, 0.25) is 0 Å². The summed E-state index contributed by atoms with van der Waals surface area (Å²) in [4.78, 5) is 21.0. The second-order valence-corrected chi connectivity index (χ2v) is 9.37. The lowest BCUT2D eigenvalue weighted by Gasteiger charge is -2.17. The minimum absolute atomic E-state index is 0.117. The van der Waals surface area contributed by atoms with Crippen molar-refractivity contribution in [1.29, 1.82) is 0 Å². The molecule has 0 spiro atoms. The molecule has 1 atom stereocenters. The third-order valence-electron chi connectivity index (χ3n) is 5.63. The van der Waals surface area contributed by atoms with Gasteiger partial charge in [-0.05, 0) is 49.4 Å². The fraction of sp³-hybridized carbons (Fsp3) is 0.250. The fourth-order valence-corrected chi connectivity index (χ4v) is 5.10. The lowest BCUT2D eigenvalue weighted by Crippen LogP contribution is -2.22. The molecule has 1 unspecified atom stereocenters. The van der Waals surface area contributed by atoms with Crippen molar-refractivity contribution < 1.29 is 9.47 Å². The van der Waals surface area contributed by atoms with E-state index in [1.54, 1.807) is 18.0 Å². The van der Waals surface area contributed by atoms with Crippen LogP contribution < -0.4 is 15.0 Å². The largest absolute Gasteiger partial charge is 0.493 e. The predicted molar refractivity (Wildman–Crippen MR) is 129 cm³/mol. The number of fused-ring (bicyclic) bond motifs is 1. The van der Waals surface area contributed by atoms with Crippen molar-refractivity contribution in [2.75, 3.05) is 27.2 Å². The SMILES string of the molecule is COc1cc(-n2cnc3cc(-c4ccc(Cl)cc4)sc3c2=O)ccc1OC1CCN(C)C1. The molecule has 0 N–H and O–H groups in total. The number of likely N-dealkylation sites (N-methyl/N-ethyl adjacent to an activating group) is 1. The van der Waals surface area contributed by atoms with E-state index in [0.29, 0.717) is 32.4 Å². The molecule has 3 heterocycles. The van der Waals surface area contributed by atoms with Crippen LogP contribution in [-0.2, 0) is 0 Å². The fourth-order valence-electron chi connectivity index (χ4n) is 3.93. The summed E-state index contributed by atoms with van der Waals surface area (Å²) in [5, 5.41) is 0.677. The number of aromatic nitrogens is 2. The van der Waals surface area contributed by atoms with Crippen molar-refractivity contribution in [1.82, 2.24) is 14.5 Å². The zero-order valence-electron chi connectivity index (χ0n) is 17.7. The van der Waals surface area contributed by atoms with E-state index in [1.807, 2.05) is 48.5 Å². The Bertz CT molecular complexity index is 1330. The van der Waals surface area contributed by atoms with E-state index >= 15 is 0 Å². The summed E-state index contributed by atoms with van der Waals surface area (Å²) in [7, 11) is 3.69. The van der Waals surface area contributed by atoms with E-state index in [4.69, 9.17) is 21.1 Å². The van der Waals surface area contributed by atoms with Gasteiger partial charge in [-0.1, -0.05) is 23.7 Å². The molecule has 0 radical (unpaired) electrons. The number of thiophene rings is 1. The van der Waals surface area contributed by atoms with Gasteiger partial charge in [-0.15, -0.1) is 11.3 Å². The zero-order valence-corrected chi connectivity index (χ0v) is 19.3. The molecule has 0 saturated carbocycles. The van der Waals surface area contributed by atoms with Crippen molar-refractivity contribution in [3.8, 4) is 27.6 Å². The lowest BCUT2D eigenvalue weighted by atomic mass is 10.2. The highest BCUT2D eigenvalue weighted by Crippen LogP contribution is 2.33. The number of hydrogen-bond donors (Lipinski definition) is 0. The summed E-state index contributed by atoms with van der Waals surface area (Å²) in [5.41, 5.74) is 2.24. The van der Waals surface area contributed by atoms with Crippen LogP contribution in [0.25, 0.3) is 26.3 Å². The minimum Gasteiger partial charge on any atom is -0.493 e.